The number of anilines is 1. The van der Waals surface area contributed by atoms with Crippen LogP contribution in [0.15, 0.2) is 41.3 Å². The second-order valence-electron chi connectivity index (χ2n) is 5.43. The minimum Gasteiger partial charge on any atom is -0.382 e. The van der Waals surface area contributed by atoms with Crippen LogP contribution < -0.4 is 10.9 Å². The molecular weight excluding hydrogens is 302 g/mol. The lowest BCUT2D eigenvalue weighted by atomic mass is 10.1. The topological polar surface area (TPSA) is 56.1 Å². The van der Waals surface area contributed by atoms with Crippen molar-refractivity contribution < 1.29 is 4.74 Å². The van der Waals surface area contributed by atoms with Gasteiger partial charge in [0.05, 0.1) is 25.0 Å². The van der Waals surface area contributed by atoms with Crippen LogP contribution in [0.2, 0.25) is 5.02 Å². The maximum absolute atomic E-state index is 12.3. The van der Waals surface area contributed by atoms with Crippen LogP contribution in [-0.4, -0.2) is 29.5 Å². The maximum Gasteiger partial charge on any atom is 0.287 e. The first-order valence-corrected chi connectivity index (χ1v) is 7.73. The number of benzene rings is 1. The molecule has 1 saturated heterocycles. The molecule has 2 aromatic rings. The van der Waals surface area contributed by atoms with Crippen LogP contribution in [0, 0.1) is 5.92 Å². The largest absolute Gasteiger partial charge is 0.382 e. The Balaban J connectivity index is 1.72. The fourth-order valence-electron chi connectivity index (χ4n) is 2.46. The van der Waals surface area contributed by atoms with Gasteiger partial charge in [0.1, 0.15) is 5.02 Å². The van der Waals surface area contributed by atoms with Crippen molar-refractivity contribution in [2.75, 3.05) is 25.1 Å². The number of aromatic nitrogens is 2. The van der Waals surface area contributed by atoms with E-state index in [9.17, 15) is 4.79 Å². The van der Waals surface area contributed by atoms with Gasteiger partial charge in [0, 0.05) is 19.1 Å². The van der Waals surface area contributed by atoms with Gasteiger partial charge in [-0.15, -0.1) is 0 Å². The van der Waals surface area contributed by atoms with Crippen molar-refractivity contribution in [3.63, 3.8) is 0 Å². The monoisotopic (exact) mass is 319 g/mol. The average molecular weight is 320 g/mol. The molecule has 0 spiro atoms. The highest BCUT2D eigenvalue weighted by molar-refractivity contribution is 6.32. The molecule has 3 rings (SSSR count). The standard InChI is InChI=1S/C16H18ClN3O2/c17-15-14(18-8-13-6-7-22-11-13)9-19-20(16(15)21)10-12-4-2-1-3-5-12/h1-5,9,13,18H,6-8,10-11H2. The van der Waals surface area contributed by atoms with Crippen molar-refractivity contribution in [2.24, 2.45) is 5.92 Å². The fourth-order valence-corrected chi connectivity index (χ4v) is 2.67. The normalized spacial score (nSPS) is 17.6. The molecule has 0 bridgehead atoms. The molecule has 1 atom stereocenters. The Bertz CT molecular complexity index is 682. The highest BCUT2D eigenvalue weighted by Gasteiger charge is 2.16. The smallest absolute Gasteiger partial charge is 0.287 e. The summed E-state index contributed by atoms with van der Waals surface area (Å²) in [5.41, 5.74) is 1.32. The molecule has 1 unspecified atom stereocenters. The van der Waals surface area contributed by atoms with Gasteiger partial charge in [0.2, 0.25) is 0 Å². The molecule has 0 aliphatic carbocycles. The van der Waals surface area contributed by atoms with Gasteiger partial charge in [-0.05, 0) is 12.0 Å². The van der Waals surface area contributed by atoms with Crippen LogP contribution in [0.1, 0.15) is 12.0 Å². The van der Waals surface area contributed by atoms with Crippen molar-refractivity contribution in [2.45, 2.75) is 13.0 Å². The Morgan fingerprint density at radius 1 is 1.36 bits per heavy atom. The van der Waals surface area contributed by atoms with Crippen molar-refractivity contribution in [3.8, 4) is 0 Å². The van der Waals surface area contributed by atoms with Crippen LogP contribution in [0.25, 0.3) is 0 Å². The van der Waals surface area contributed by atoms with Crippen molar-refractivity contribution >= 4 is 17.3 Å². The zero-order valence-corrected chi connectivity index (χ0v) is 12.9. The van der Waals surface area contributed by atoms with E-state index in [4.69, 9.17) is 16.3 Å². The van der Waals surface area contributed by atoms with Gasteiger partial charge in [-0.2, -0.15) is 5.10 Å². The molecule has 0 amide bonds. The van der Waals surface area contributed by atoms with E-state index in [0.29, 0.717) is 18.2 Å². The van der Waals surface area contributed by atoms with Crippen molar-refractivity contribution in [1.82, 2.24) is 9.78 Å². The van der Waals surface area contributed by atoms with E-state index in [-0.39, 0.29) is 10.6 Å². The summed E-state index contributed by atoms with van der Waals surface area (Å²) in [6.45, 7) is 2.71. The number of hydrogen-bond donors (Lipinski definition) is 1. The molecule has 1 aromatic carbocycles. The van der Waals surface area contributed by atoms with E-state index in [1.54, 1.807) is 6.20 Å². The first-order chi connectivity index (χ1) is 10.7. The summed E-state index contributed by atoms with van der Waals surface area (Å²) < 4.78 is 6.71. The molecule has 1 aliphatic rings. The lowest BCUT2D eigenvalue weighted by Crippen LogP contribution is -2.25. The first kappa shape index (κ1) is 15.1. The lowest BCUT2D eigenvalue weighted by molar-refractivity contribution is 0.187. The van der Waals surface area contributed by atoms with E-state index in [2.05, 4.69) is 10.4 Å². The Morgan fingerprint density at radius 3 is 2.91 bits per heavy atom. The molecule has 22 heavy (non-hydrogen) atoms. The number of nitrogens with one attached hydrogen (secondary N) is 1. The Hall–Kier alpha value is -1.85. The second kappa shape index (κ2) is 6.94. The molecular formula is C16H18ClN3O2. The highest BCUT2D eigenvalue weighted by atomic mass is 35.5. The van der Waals surface area contributed by atoms with Gasteiger partial charge in [-0.25, -0.2) is 4.68 Å². The number of ether oxygens (including phenoxy) is 1. The molecule has 116 valence electrons. The van der Waals surface area contributed by atoms with Crippen LogP contribution in [-0.2, 0) is 11.3 Å². The molecule has 2 heterocycles. The van der Waals surface area contributed by atoms with Crippen LogP contribution in [0.5, 0.6) is 0 Å². The summed E-state index contributed by atoms with van der Waals surface area (Å²) in [6.07, 6.45) is 2.64. The van der Waals surface area contributed by atoms with E-state index in [1.165, 1.54) is 4.68 Å². The Kier molecular flexibility index (Phi) is 4.75. The first-order valence-electron chi connectivity index (χ1n) is 7.35. The Morgan fingerprint density at radius 2 is 2.18 bits per heavy atom. The summed E-state index contributed by atoms with van der Waals surface area (Å²) in [4.78, 5) is 12.3. The predicted molar refractivity (Wildman–Crippen MR) is 86.5 cm³/mol. The minimum atomic E-state index is -0.279. The van der Waals surface area contributed by atoms with Gasteiger partial charge in [0.15, 0.2) is 0 Å². The fraction of sp³-hybridized carbons (Fsp3) is 0.375. The van der Waals surface area contributed by atoms with Crippen LogP contribution in [0.3, 0.4) is 0 Å². The van der Waals surface area contributed by atoms with Gasteiger partial charge >= 0.3 is 0 Å². The summed E-state index contributed by atoms with van der Waals surface area (Å²) in [5, 5.41) is 7.59. The number of nitrogens with zero attached hydrogens (tertiary/aromatic N) is 2. The van der Waals surface area contributed by atoms with Crippen LogP contribution in [0.4, 0.5) is 5.69 Å². The third kappa shape index (κ3) is 3.48. The molecule has 6 heteroatoms. The lowest BCUT2D eigenvalue weighted by Gasteiger charge is -2.13. The molecule has 5 nitrogen and oxygen atoms in total. The second-order valence-corrected chi connectivity index (χ2v) is 5.81. The van der Waals surface area contributed by atoms with Crippen molar-refractivity contribution in [1.29, 1.82) is 0 Å². The SMILES string of the molecule is O=c1c(Cl)c(NCC2CCOC2)cnn1Cc1ccccc1. The predicted octanol–water partition coefficient (Wildman–Crippen LogP) is 2.39. The third-order valence-corrected chi connectivity index (χ3v) is 4.13. The van der Waals surface area contributed by atoms with Crippen molar-refractivity contribution in [3.05, 3.63) is 57.5 Å². The summed E-state index contributed by atoms with van der Waals surface area (Å²) in [6, 6.07) is 9.71. The molecule has 1 aliphatic heterocycles. The summed E-state index contributed by atoms with van der Waals surface area (Å²) in [7, 11) is 0. The zero-order chi connectivity index (χ0) is 15.4. The van der Waals surface area contributed by atoms with E-state index >= 15 is 0 Å². The van der Waals surface area contributed by atoms with E-state index < -0.39 is 0 Å². The van der Waals surface area contributed by atoms with E-state index in [1.807, 2.05) is 30.3 Å². The van der Waals surface area contributed by atoms with Gasteiger partial charge in [0.25, 0.3) is 5.56 Å². The molecule has 1 fully saturated rings. The van der Waals surface area contributed by atoms with Crippen LogP contribution >= 0.6 is 11.6 Å². The Labute approximate surface area is 133 Å². The van der Waals surface area contributed by atoms with Gasteiger partial charge in [-0.3, -0.25) is 4.79 Å². The highest BCUT2D eigenvalue weighted by Crippen LogP contribution is 2.18. The quantitative estimate of drug-likeness (QED) is 0.919. The average Bonchev–Trinajstić information content (AvgIpc) is 3.06. The molecule has 1 aromatic heterocycles. The third-order valence-electron chi connectivity index (χ3n) is 3.77. The minimum absolute atomic E-state index is 0.185. The summed E-state index contributed by atoms with van der Waals surface area (Å²) in [5.74, 6) is 0.461. The number of rotatable bonds is 5. The summed E-state index contributed by atoms with van der Waals surface area (Å²) >= 11 is 6.18. The van der Waals surface area contributed by atoms with Gasteiger partial charge in [-0.1, -0.05) is 41.9 Å². The van der Waals surface area contributed by atoms with E-state index in [0.717, 1.165) is 31.7 Å². The molecule has 0 radical (unpaired) electrons. The number of halogens is 1. The molecule has 1 N–H and O–H groups in total. The zero-order valence-electron chi connectivity index (χ0n) is 12.2. The van der Waals surface area contributed by atoms with Gasteiger partial charge < -0.3 is 10.1 Å². The maximum atomic E-state index is 12.3. The molecule has 0 saturated carbocycles. The number of hydrogen-bond acceptors (Lipinski definition) is 4.